The van der Waals surface area contributed by atoms with Crippen LogP contribution < -0.4 is 20.2 Å². The Morgan fingerprint density at radius 1 is 0.909 bits per heavy atom. The molecule has 0 aliphatic carbocycles. The van der Waals surface area contributed by atoms with Crippen LogP contribution in [0.15, 0.2) is 77.9 Å². The Morgan fingerprint density at radius 2 is 1.58 bits per heavy atom. The Labute approximate surface area is 189 Å². The second-order valence-electron chi connectivity index (χ2n) is 6.55. The highest BCUT2D eigenvalue weighted by Gasteiger charge is 2.14. The number of amides is 2. The van der Waals surface area contributed by atoms with Crippen molar-refractivity contribution in [1.82, 2.24) is 5.43 Å². The summed E-state index contributed by atoms with van der Waals surface area (Å²) in [5, 5.41) is 6.18. The molecule has 0 atom stereocenters. The van der Waals surface area contributed by atoms with E-state index in [4.69, 9.17) is 9.47 Å². The maximum absolute atomic E-state index is 13.6. The van der Waals surface area contributed by atoms with Gasteiger partial charge in [-0.25, -0.2) is 14.6 Å². The Bertz CT molecular complexity index is 1160. The number of halogens is 1. The molecule has 0 radical (unpaired) electrons. The average molecular weight is 449 g/mol. The molecule has 0 saturated heterocycles. The lowest BCUT2D eigenvalue weighted by Crippen LogP contribution is -2.32. The molecular formula is C24H20FN3O5. The van der Waals surface area contributed by atoms with Gasteiger partial charge < -0.3 is 14.8 Å². The van der Waals surface area contributed by atoms with E-state index in [1.807, 2.05) is 6.92 Å². The number of nitrogens with zero attached hydrogens (tertiary/aromatic N) is 1. The average Bonchev–Trinajstić information content (AvgIpc) is 2.81. The molecule has 0 heterocycles. The number of carbonyl (C=O) groups excluding carboxylic acids is 3. The number of rotatable bonds is 7. The zero-order chi connectivity index (χ0) is 23.6. The first-order valence-corrected chi connectivity index (χ1v) is 9.90. The molecule has 3 aromatic carbocycles. The van der Waals surface area contributed by atoms with E-state index in [0.717, 1.165) is 0 Å². The number of anilines is 1. The van der Waals surface area contributed by atoms with E-state index < -0.39 is 23.6 Å². The van der Waals surface area contributed by atoms with E-state index in [0.29, 0.717) is 23.6 Å². The van der Waals surface area contributed by atoms with Crippen LogP contribution in [0, 0.1) is 5.82 Å². The quantitative estimate of drug-likeness (QED) is 0.189. The number of hydrogen-bond donors (Lipinski definition) is 2. The van der Waals surface area contributed by atoms with Crippen molar-refractivity contribution >= 4 is 29.7 Å². The summed E-state index contributed by atoms with van der Waals surface area (Å²) in [5.74, 6) is -2.46. The molecule has 8 nitrogen and oxygen atoms in total. The van der Waals surface area contributed by atoms with E-state index in [-0.39, 0.29) is 11.3 Å². The maximum Gasteiger partial charge on any atom is 0.346 e. The summed E-state index contributed by atoms with van der Waals surface area (Å²) in [6, 6.07) is 18.2. The summed E-state index contributed by atoms with van der Waals surface area (Å²) in [7, 11) is 0. The van der Waals surface area contributed by atoms with Gasteiger partial charge in [-0.1, -0.05) is 12.1 Å². The molecule has 0 bridgehead atoms. The summed E-state index contributed by atoms with van der Waals surface area (Å²) in [6.07, 6.45) is 1.31. The van der Waals surface area contributed by atoms with Gasteiger partial charge in [0.1, 0.15) is 17.3 Å². The van der Waals surface area contributed by atoms with Crippen LogP contribution in [0.1, 0.15) is 22.8 Å². The van der Waals surface area contributed by atoms with Crippen LogP contribution in [0.4, 0.5) is 10.1 Å². The fourth-order valence-electron chi connectivity index (χ4n) is 2.62. The molecule has 33 heavy (non-hydrogen) atoms. The van der Waals surface area contributed by atoms with Gasteiger partial charge in [0.25, 0.3) is 0 Å². The highest BCUT2D eigenvalue weighted by atomic mass is 19.1. The standard InChI is InChI=1S/C24H20FN3O5/c1-2-32-18-13-9-17(10-14-18)27-22(29)23(30)28-26-15-16-7-11-19(12-8-16)33-24(31)20-5-3-4-6-21(20)25/h3-15H,2H2,1H3,(H,27,29)(H,28,30). The number of benzene rings is 3. The lowest BCUT2D eigenvalue weighted by atomic mass is 10.2. The van der Waals surface area contributed by atoms with Gasteiger partial charge in [0, 0.05) is 5.69 Å². The number of hydrogen-bond acceptors (Lipinski definition) is 6. The van der Waals surface area contributed by atoms with Gasteiger partial charge in [0.2, 0.25) is 0 Å². The molecule has 9 heteroatoms. The van der Waals surface area contributed by atoms with Crippen LogP contribution in [0.25, 0.3) is 0 Å². The molecule has 0 unspecified atom stereocenters. The molecule has 0 spiro atoms. The Balaban J connectivity index is 1.49. The monoisotopic (exact) mass is 449 g/mol. The Hall–Kier alpha value is -4.53. The van der Waals surface area contributed by atoms with Crippen LogP contribution in [0.2, 0.25) is 0 Å². The molecule has 0 aromatic heterocycles. The van der Waals surface area contributed by atoms with Crippen molar-refractivity contribution in [1.29, 1.82) is 0 Å². The number of hydrazone groups is 1. The molecule has 2 N–H and O–H groups in total. The topological polar surface area (TPSA) is 106 Å². The van der Waals surface area contributed by atoms with Crippen molar-refractivity contribution in [3.8, 4) is 11.5 Å². The minimum absolute atomic E-state index is 0.172. The molecule has 3 aromatic rings. The molecular weight excluding hydrogens is 429 g/mol. The van der Waals surface area contributed by atoms with Crippen molar-refractivity contribution in [2.24, 2.45) is 5.10 Å². The van der Waals surface area contributed by atoms with Crippen LogP contribution in [0.5, 0.6) is 11.5 Å². The fraction of sp³-hybridized carbons (Fsp3) is 0.0833. The molecule has 168 valence electrons. The predicted octanol–water partition coefficient (Wildman–Crippen LogP) is 3.53. The van der Waals surface area contributed by atoms with Crippen LogP contribution in [-0.4, -0.2) is 30.6 Å². The lowest BCUT2D eigenvalue weighted by Gasteiger charge is -2.06. The van der Waals surface area contributed by atoms with Gasteiger partial charge in [0.15, 0.2) is 0 Å². The van der Waals surface area contributed by atoms with Crippen molar-refractivity contribution in [2.75, 3.05) is 11.9 Å². The Morgan fingerprint density at radius 3 is 2.24 bits per heavy atom. The van der Waals surface area contributed by atoms with Crippen molar-refractivity contribution < 1.29 is 28.2 Å². The predicted molar refractivity (Wildman–Crippen MR) is 120 cm³/mol. The first-order chi connectivity index (χ1) is 16.0. The molecule has 2 amide bonds. The summed E-state index contributed by atoms with van der Waals surface area (Å²) in [6.45, 7) is 2.38. The third kappa shape index (κ3) is 6.73. The van der Waals surface area contributed by atoms with Gasteiger partial charge in [-0.05, 0) is 73.2 Å². The second-order valence-corrected chi connectivity index (χ2v) is 6.55. The van der Waals surface area contributed by atoms with Crippen molar-refractivity contribution in [3.63, 3.8) is 0 Å². The Kier molecular flexibility index (Phi) is 7.85. The summed E-state index contributed by atoms with van der Waals surface area (Å²) in [5.41, 5.74) is 2.95. The van der Waals surface area contributed by atoms with E-state index in [1.165, 1.54) is 42.6 Å². The van der Waals surface area contributed by atoms with Crippen LogP contribution in [-0.2, 0) is 9.59 Å². The summed E-state index contributed by atoms with van der Waals surface area (Å²) < 4.78 is 24.1. The van der Waals surface area contributed by atoms with Crippen LogP contribution in [0.3, 0.4) is 0 Å². The second kappa shape index (κ2) is 11.2. The van der Waals surface area contributed by atoms with Crippen molar-refractivity contribution in [2.45, 2.75) is 6.92 Å². The SMILES string of the molecule is CCOc1ccc(NC(=O)C(=O)NN=Cc2ccc(OC(=O)c3ccccc3F)cc2)cc1. The zero-order valence-corrected chi connectivity index (χ0v) is 17.6. The minimum atomic E-state index is -0.949. The molecule has 3 rings (SSSR count). The van der Waals surface area contributed by atoms with Crippen LogP contribution >= 0.6 is 0 Å². The molecule has 0 aliphatic heterocycles. The molecule has 0 fully saturated rings. The number of ether oxygens (including phenoxy) is 2. The summed E-state index contributed by atoms with van der Waals surface area (Å²) >= 11 is 0. The largest absolute Gasteiger partial charge is 0.494 e. The van der Waals surface area contributed by atoms with E-state index in [1.54, 1.807) is 36.4 Å². The normalized spacial score (nSPS) is 10.5. The van der Waals surface area contributed by atoms with Gasteiger partial charge in [-0.3, -0.25) is 9.59 Å². The molecule has 0 saturated carbocycles. The highest BCUT2D eigenvalue weighted by Crippen LogP contribution is 2.16. The minimum Gasteiger partial charge on any atom is -0.494 e. The lowest BCUT2D eigenvalue weighted by molar-refractivity contribution is -0.136. The smallest absolute Gasteiger partial charge is 0.346 e. The van der Waals surface area contributed by atoms with Gasteiger partial charge in [-0.15, -0.1) is 0 Å². The van der Waals surface area contributed by atoms with E-state index >= 15 is 0 Å². The third-order valence-electron chi connectivity index (χ3n) is 4.19. The zero-order valence-electron chi connectivity index (χ0n) is 17.6. The first kappa shape index (κ1) is 23.1. The number of nitrogens with one attached hydrogen (secondary N) is 2. The maximum atomic E-state index is 13.6. The van der Waals surface area contributed by atoms with Gasteiger partial charge in [0.05, 0.1) is 18.4 Å². The van der Waals surface area contributed by atoms with E-state index in [2.05, 4.69) is 15.8 Å². The fourth-order valence-corrected chi connectivity index (χ4v) is 2.62. The summed E-state index contributed by atoms with van der Waals surface area (Å²) in [4.78, 5) is 35.9. The van der Waals surface area contributed by atoms with Gasteiger partial charge in [-0.2, -0.15) is 5.10 Å². The van der Waals surface area contributed by atoms with Crippen molar-refractivity contribution in [3.05, 3.63) is 89.7 Å². The first-order valence-electron chi connectivity index (χ1n) is 9.90. The third-order valence-corrected chi connectivity index (χ3v) is 4.19. The molecule has 0 aliphatic rings. The van der Waals surface area contributed by atoms with Gasteiger partial charge >= 0.3 is 17.8 Å². The highest BCUT2D eigenvalue weighted by molar-refractivity contribution is 6.39. The van der Waals surface area contributed by atoms with E-state index in [9.17, 15) is 18.8 Å². The number of carbonyl (C=O) groups is 3. The number of esters is 1.